The number of nitrogens with one attached hydrogen (secondary N) is 1. The van der Waals surface area contributed by atoms with Gasteiger partial charge in [-0.05, 0) is 36.4 Å². The number of furan rings is 1. The number of sulfonamides is 1. The smallest absolute Gasteiger partial charge is 0.322 e. The van der Waals surface area contributed by atoms with Crippen LogP contribution >= 0.6 is 11.3 Å². The van der Waals surface area contributed by atoms with E-state index in [0.717, 1.165) is 11.3 Å². The first-order valence-electron chi connectivity index (χ1n) is 8.26. The summed E-state index contributed by atoms with van der Waals surface area (Å²) in [4.78, 5) is 12.5. The number of thiophene rings is 1. The summed E-state index contributed by atoms with van der Waals surface area (Å²) in [5.41, 5.74) is 0. The van der Waals surface area contributed by atoms with Crippen molar-refractivity contribution in [2.24, 2.45) is 5.92 Å². The highest BCUT2D eigenvalue weighted by Crippen LogP contribution is 2.27. The van der Waals surface area contributed by atoms with Gasteiger partial charge in [0, 0.05) is 13.1 Å². The molecule has 0 aliphatic carbocycles. The zero-order valence-corrected chi connectivity index (χ0v) is 15.7. The molecule has 1 unspecified atom stereocenters. The van der Waals surface area contributed by atoms with Crippen molar-refractivity contribution >= 4 is 33.3 Å². The lowest BCUT2D eigenvalue weighted by Crippen LogP contribution is -2.43. The Labute approximate surface area is 159 Å². The molecule has 1 fully saturated rings. The molecule has 1 aliphatic rings. The maximum absolute atomic E-state index is 12.7. The third kappa shape index (κ3) is 3.66. The minimum atomic E-state index is -3.58. The topological polar surface area (TPSA) is 119 Å². The van der Waals surface area contributed by atoms with Gasteiger partial charge in [0.1, 0.15) is 4.21 Å². The van der Waals surface area contributed by atoms with Crippen molar-refractivity contribution in [2.45, 2.75) is 17.1 Å². The molecule has 27 heavy (non-hydrogen) atoms. The largest absolute Gasteiger partial charge is 0.459 e. The van der Waals surface area contributed by atoms with Gasteiger partial charge in [0.15, 0.2) is 5.76 Å². The van der Waals surface area contributed by atoms with Gasteiger partial charge in [0.05, 0.1) is 12.2 Å². The number of hydrogen-bond donors (Lipinski definition) is 1. The molecule has 3 aromatic heterocycles. The SMILES string of the molecule is O=C(Nc1nnc(-c2ccco2)o1)C1CCCN(S(=O)(=O)c2cccs2)C1. The summed E-state index contributed by atoms with van der Waals surface area (Å²) in [5.74, 6) is -0.294. The van der Waals surface area contributed by atoms with Crippen LogP contribution < -0.4 is 5.32 Å². The molecule has 1 aliphatic heterocycles. The molecule has 142 valence electrons. The zero-order chi connectivity index (χ0) is 18.9. The average Bonchev–Trinajstić information content (AvgIpc) is 3.42. The second-order valence-corrected chi connectivity index (χ2v) is 9.13. The fraction of sp³-hybridized carbons (Fsp3) is 0.312. The second kappa shape index (κ2) is 7.25. The summed E-state index contributed by atoms with van der Waals surface area (Å²) >= 11 is 1.16. The summed E-state index contributed by atoms with van der Waals surface area (Å²) in [6.07, 6.45) is 2.66. The minimum absolute atomic E-state index is 0.0513. The number of carbonyl (C=O) groups excluding carboxylic acids is 1. The Bertz CT molecular complexity index is 1010. The van der Waals surface area contributed by atoms with E-state index >= 15 is 0 Å². The summed E-state index contributed by atoms with van der Waals surface area (Å²) in [6.45, 7) is 0.512. The van der Waals surface area contributed by atoms with E-state index in [-0.39, 0.29) is 28.6 Å². The molecule has 4 heterocycles. The van der Waals surface area contributed by atoms with Gasteiger partial charge in [-0.3, -0.25) is 10.1 Å². The lowest BCUT2D eigenvalue weighted by atomic mass is 9.99. The molecule has 4 rings (SSSR count). The standard InChI is InChI=1S/C16H16N4O5S2/c21-14(17-16-19-18-15(25-16)12-5-2-8-24-12)11-4-1-7-20(10-11)27(22,23)13-6-3-9-26-13/h2-3,5-6,8-9,11H,1,4,7,10H2,(H,17,19,21). The van der Waals surface area contributed by atoms with Crippen LogP contribution in [0.25, 0.3) is 11.7 Å². The molecule has 0 aromatic carbocycles. The number of hydrogen-bond acceptors (Lipinski definition) is 8. The molecule has 0 spiro atoms. The van der Waals surface area contributed by atoms with E-state index in [4.69, 9.17) is 8.83 Å². The second-order valence-electron chi connectivity index (χ2n) is 6.01. The molecule has 0 bridgehead atoms. The third-order valence-electron chi connectivity index (χ3n) is 4.23. The van der Waals surface area contributed by atoms with Crippen LogP contribution in [0.4, 0.5) is 6.01 Å². The first-order valence-corrected chi connectivity index (χ1v) is 10.6. The number of anilines is 1. The van der Waals surface area contributed by atoms with Crippen LogP contribution in [0.1, 0.15) is 12.8 Å². The van der Waals surface area contributed by atoms with E-state index in [9.17, 15) is 13.2 Å². The first-order chi connectivity index (χ1) is 13.0. The highest BCUT2D eigenvalue weighted by molar-refractivity contribution is 7.91. The summed E-state index contributed by atoms with van der Waals surface area (Å²) in [7, 11) is -3.58. The van der Waals surface area contributed by atoms with E-state index in [1.54, 1.807) is 29.6 Å². The van der Waals surface area contributed by atoms with Crippen molar-refractivity contribution in [3.63, 3.8) is 0 Å². The fourth-order valence-corrected chi connectivity index (χ4v) is 5.56. The number of nitrogens with zero attached hydrogens (tertiary/aromatic N) is 3. The van der Waals surface area contributed by atoms with E-state index in [2.05, 4.69) is 15.5 Å². The molecule has 0 radical (unpaired) electrons. The highest BCUT2D eigenvalue weighted by atomic mass is 32.2. The Morgan fingerprint density at radius 3 is 2.93 bits per heavy atom. The van der Waals surface area contributed by atoms with Gasteiger partial charge in [-0.25, -0.2) is 8.42 Å². The van der Waals surface area contributed by atoms with Crippen molar-refractivity contribution in [3.8, 4) is 11.7 Å². The fourth-order valence-electron chi connectivity index (χ4n) is 2.89. The zero-order valence-electron chi connectivity index (χ0n) is 14.1. The third-order valence-corrected chi connectivity index (χ3v) is 7.47. The predicted molar refractivity (Wildman–Crippen MR) is 96.4 cm³/mol. The van der Waals surface area contributed by atoms with Gasteiger partial charge in [0.25, 0.3) is 15.9 Å². The van der Waals surface area contributed by atoms with Gasteiger partial charge >= 0.3 is 6.01 Å². The number of carbonyl (C=O) groups is 1. The maximum Gasteiger partial charge on any atom is 0.322 e. The monoisotopic (exact) mass is 408 g/mol. The van der Waals surface area contributed by atoms with Crippen LogP contribution in [0, 0.1) is 5.92 Å². The Morgan fingerprint density at radius 2 is 2.19 bits per heavy atom. The van der Waals surface area contributed by atoms with E-state index < -0.39 is 15.9 Å². The van der Waals surface area contributed by atoms with Crippen LogP contribution in [0.5, 0.6) is 0 Å². The van der Waals surface area contributed by atoms with Crippen LogP contribution in [0.15, 0.2) is 49.0 Å². The number of amides is 1. The van der Waals surface area contributed by atoms with E-state index in [1.165, 1.54) is 10.6 Å². The predicted octanol–water partition coefficient (Wildman–Crippen LogP) is 2.43. The molecule has 11 heteroatoms. The van der Waals surface area contributed by atoms with Crippen molar-refractivity contribution in [3.05, 3.63) is 35.9 Å². The van der Waals surface area contributed by atoms with Crippen LogP contribution in [-0.4, -0.2) is 41.9 Å². The molecule has 9 nitrogen and oxygen atoms in total. The van der Waals surface area contributed by atoms with Crippen molar-refractivity contribution < 1.29 is 22.0 Å². The Kier molecular flexibility index (Phi) is 4.81. The maximum atomic E-state index is 12.7. The van der Waals surface area contributed by atoms with Gasteiger partial charge in [-0.1, -0.05) is 11.2 Å². The van der Waals surface area contributed by atoms with Crippen molar-refractivity contribution in [2.75, 3.05) is 18.4 Å². The summed E-state index contributed by atoms with van der Waals surface area (Å²) in [5, 5.41) is 11.9. The molecule has 1 atom stereocenters. The Morgan fingerprint density at radius 1 is 1.30 bits per heavy atom. The molecular formula is C16H16N4O5S2. The molecule has 1 amide bonds. The van der Waals surface area contributed by atoms with Crippen LogP contribution in [0.3, 0.4) is 0 Å². The first kappa shape index (κ1) is 17.9. The van der Waals surface area contributed by atoms with Crippen molar-refractivity contribution in [1.82, 2.24) is 14.5 Å². The Hall–Kier alpha value is -2.50. The molecular weight excluding hydrogens is 392 g/mol. The lowest BCUT2D eigenvalue weighted by Gasteiger charge is -2.30. The van der Waals surface area contributed by atoms with Gasteiger partial charge in [-0.15, -0.1) is 16.4 Å². The van der Waals surface area contributed by atoms with Crippen LogP contribution in [-0.2, 0) is 14.8 Å². The normalized spacial score (nSPS) is 18.4. The summed E-state index contributed by atoms with van der Waals surface area (Å²) < 4.78 is 37.5. The minimum Gasteiger partial charge on any atom is -0.459 e. The number of aromatic nitrogens is 2. The lowest BCUT2D eigenvalue weighted by molar-refractivity contribution is -0.121. The average molecular weight is 408 g/mol. The summed E-state index contributed by atoms with van der Waals surface area (Å²) in [6, 6.07) is 6.55. The van der Waals surface area contributed by atoms with Gasteiger partial charge in [0.2, 0.25) is 5.91 Å². The van der Waals surface area contributed by atoms with Gasteiger partial charge < -0.3 is 8.83 Å². The van der Waals surface area contributed by atoms with Crippen LogP contribution in [0.2, 0.25) is 0 Å². The molecule has 3 aromatic rings. The van der Waals surface area contributed by atoms with Crippen molar-refractivity contribution in [1.29, 1.82) is 0 Å². The number of piperidine rings is 1. The highest BCUT2D eigenvalue weighted by Gasteiger charge is 2.34. The van der Waals surface area contributed by atoms with Gasteiger partial charge in [-0.2, -0.15) is 4.31 Å². The molecule has 1 saturated heterocycles. The molecule has 0 saturated carbocycles. The molecule has 1 N–H and O–H groups in total. The Balaban J connectivity index is 1.43. The number of rotatable bonds is 5. The van der Waals surface area contributed by atoms with E-state index in [0.29, 0.717) is 25.1 Å². The van der Waals surface area contributed by atoms with E-state index in [1.807, 2.05) is 0 Å². The quantitative estimate of drug-likeness (QED) is 0.689.